The van der Waals surface area contributed by atoms with Crippen molar-refractivity contribution >= 4 is 28.9 Å². The molecule has 1 aromatic heterocycles. The maximum atomic E-state index is 14.8. The fraction of sp³-hybridized carbons (Fsp3) is 0.200. The minimum atomic E-state index is -1.32. The summed E-state index contributed by atoms with van der Waals surface area (Å²) in [6.07, 6.45) is 1.82. The number of halogens is 3. The molecule has 0 amide bonds. The highest BCUT2D eigenvalue weighted by atomic mass is 19.1. The van der Waals surface area contributed by atoms with Gasteiger partial charge in [-0.2, -0.15) is 0 Å². The van der Waals surface area contributed by atoms with Gasteiger partial charge in [0, 0.05) is 37.0 Å². The summed E-state index contributed by atoms with van der Waals surface area (Å²) >= 11 is 0. The number of aromatic nitrogens is 1. The molecule has 3 N–H and O–H groups in total. The summed E-state index contributed by atoms with van der Waals surface area (Å²) in [5.74, 6) is -3.55. The van der Waals surface area contributed by atoms with Gasteiger partial charge >= 0.3 is 5.97 Å². The van der Waals surface area contributed by atoms with E-state index >= 15 is 0 Å². The number of benzene rings is 1. The number of hydrogen-bond acceptors (Lipinski definition) is 5. The molecule has 0 aliphatic carbocycles. The smallest absolute Gasteiger partial charge is 0.337 e. The molecule has 0 radical (unpaired) electrons. The Kier molecular flexibility index (Phi) is 4.54. The van der Waals surface area contributed by atoms with Crippen molar-refractivity contribution in [2.75, 3.05) is 22.9 Å². The summed E-state index contributed by atoms with van der Waals surface area (Å²) in [6.45, 7) is 4.65. The van der Waals surface area contributed by atoms with Crippen LogP contribution >= 0.6 is 0 Å². The van der Waals surface area contributed by atoms with Crippen molar-refractivity contribution < 1.29 is 23.1 Å². The van der Waals surface area contributed by atoms with E-state index in [0.717, 1.165) is 24.4 Å². The highest BCUT2D eigenvalue weighted by Crippen LogP contribution is 2.42. The van der Waals surface area contributed by atoms with Gasteiger partial charge in [-0.3, -0.25) is 4.90 Å². The number of hydrogen-bond donors (Lipinski definition) is 2. The van der Waals surface area contributed by atoms with Gasteiger partial charge < -0.3 is 15.7 Å². The number of fused-ring (bicyclic) bond motifs is 1. The van der Waals surface area contributed by atoms with E-state index in [0.29, 0.717) is 25.6 Å². The van der Waals surface area contributed by atoms with E-state index in [2.05, 4.69) is 11.6 Å². The number of nitrogens with two attached hydrogens (primary N) is 1. The number of nitrogens with zero attached hydrogens (tertiary/aromatic N) is 3. The van der Waals surface area contributed by atoms with Crippen LogP contribution in [0, 0.1) is 17.5 Å². The second-order valence-electron chi connectivity index (χ2n) is 6.95. The number of aliphatic carboxylic acids is 1. The van der Waals surface area contributed by atoms with Crippen LogP contribution in [0.5, 0.6) is 0 Å². The Balaban J connectivity index is 1.91. The monoisotopic (exact) mass is 402 g/mol. The zero-order chi connectivity index (χ0) is 20.9. The molecule has 0 bridgehead atoms. The van der Waals surface area contributed by atoms with Crippen LogP contribution in [0.3, 0.4) is 0 Å². The molecule has 1 saturated heterocycles. The van der Waals surface area contributed by atoms with Crippen molar-refractivity contribution in [2.45, 2.75) is 12.5 Å². The molecule has 1 atom stereocenters. The number of rotatable bonds is 3. The largest absolute Gasteiger partial charge is 0.478 e. The van der Waals surface area contributed by atoms with E-state index < -0.39 is 23.4 Å². The van der Waals surface area contributed by atoms with Crippen LogP contribution in [-0.4, -0.2) is 35.2 Å². The first-order valence-electron chi connectivity index (χ1n) is 8.86. The average Bonchev–Trinajstić information content (AvgIpc) is 3.08. The number of carboxylic acids is 1. The highest BCUT2D eigenvalue weighted by Gasteiger charge is 2.32. The molecule has 150 valence electrons. The molecule has 2 aliphatic heterocycles. The number of anilines is 3. The number of pyridine rings is 1. The summed E-state index contributed by atoms with van der Waals surface area (Å²) in [7, 11) is 0. The lowest BCUT2D eigenvalue weighted by atomic mass is 9.96. The highest BCUT2D eigenvalue weighted by molar-refractivity contribution is 6.09. The predicted molar refractivity (Wildman–Crippen MR) is 102 cm³/mol. The maximum Gasteiger partial charge on any atom is 0.337 e. The van der Waals surface area contributed by atoms with Gasteiger partial charge in [0.2, 0.25) is 0 Å². The first-order valence-corrected chi connectivity index (χ1v) is 8.86. The van der Waals surface area contributed by atoms with Crippen molar-refractivity contribution in [1.82, 2.24) is 4.98 Å². The number of carbonyl (C=O) groups is 1. The van der Waals surface area contributed by atoms with E-state index in [1.54, 1.807) is 4.90 Å². The Hall–Kier alpha value is -3.33. The van der Waals surface area contributed by atoms with Crippen LogP contribution < -0.4 is 15.5 Å². The second-order valence-corrected chi connectivity index (χ2v) is 6.95. The fourth-order valence-corrected chi connectivity index (χ4v) is 3.53. The van der Waals surface area contributed by atoms with Gasteiger partial charge in [-0.1, -0.05) is 6.58 Å². The standard InChI is InChI=1S/C20H17F3N4O2/c1-10-13-7-16(23)19(26-5-4-12(24)8-26)25-18(13)27(9-14(10)20(28)29)17-3-2-11(21)6-15(17)22/h2-3,6-7,9,12H,1,4-5,8,24H2,(H,28,29). The van der Waals surface area contributed by atoms with Crippen molar-refractivity contribution in [3.63, 3.8) is 0 Å². The summed E-state index contributed by atoms with van der Waals surface area (Å²) in [6, 6.07) is 3.89. The third kappa shape index (κ3) is 3.23. The molecular formula is C20H17F3N4O2. The topological polar surface area (TPSA) is 82.7 Å². The van der Waals surface area contributed by atoms with Gasteiger partial charge in [0.1, 0.15) is 17.5 Å². The van der Waals surface area contributed by atoms with Gasteiger partial charge in [-0.15, -0.1) is 0 Å². The van der Waals surface area contributed by atoms with Crippen molar-refractivity contribution in [1.29, 1.82) is 0 Å². The molecule has 29 heavy (non-hydrogen) atoms. The molecule has 1 aromatic carbocycles. The third-order valence-corrected chi connectivity index (χ3v) is 5.00. The SMILES string of the molecule is C=C1C(C(=O)O)=CN(c2ccc(F)cc2F)c2nc(N3CCC(N)C3)c(F)cc21. The summed E-state index contributed by atoms with van der Waals surface area (Å²) < 4.78 is 42.7. The minimum Gasteiger partial charge on any atom is -0.478 e. The summed E-state index contributed by atoms with van der Waals surface area (Å²) in [5, 5.41) is 9.49. The van der Waals surface area contributed by atoms with E-state index in [-0.39, 0.29) is 40.1 Å². The molecular weight excluding hydrogens is 385 g/mol. The van der Waals surface area contributed by atoms with Gasteiger partial charge in [0.15, 0.2) is 11.6 Å². The van der Waals surface area contributed by atoms with Crippen LogP contribution in [0.1, 0.15) is 12.0 Å². The molecule has 2 aliphatic rings. The van der Waals surface area contributed by atoms with Crippen LogP contribution in [0.25, 0.3) is 5.57 Å². The fourth-order valence-electron chi connectivity index (χ4n) is 3.53. The van der Waals surface area contributed by atoms with Crippen LogP contribution in [0.15, 0.2) is 42.6 Å². The number of carboxylic acid groups (broad SMARTS) is 1. The van der Waals surface area contributed by atoms with Crippen molar-refractivity contribution in [2.24, 2.45) is 5.73 Å². The summed E-state index contributed by atoms with van der Waals surface area (Å²) in [4.78, 5) is 18.8. The lowest BCUT2D eigenvalue weighted by molar-refractivity contribution is -0.132. The maximum absolute atomic E-state index is 14.8. The zero-order valence-electron chi connectivity index (χ0n) is 15.2. The molecule has 3 heterocycles. The zero-order valence-corrected chi connectivity index (χ0v) is 15.2. The molecule has 6 nitrogen and oxygen atoms in total. The lowest BCUT2D eigenvalue weighted by Gasteiger charge is -2.30. The van der Waals surface area contributed by atoms with Crippen molar-refractivity contribution in [3.8, 4) is 0 Å². The Morgan fingerprint density at radius 3 is 2.59 bits per heavy atom. The summed E-state index contributed by atoms with van der Waals surface area (Å²) in [5.41, 5.74) is 5.68. The Morgan fingerprint density at radius 2 is 1.97 bits per heavy atom. The first kappa shape index (κ1) is 19.0. The quantitative estimate of drug-likeness (QED) is 0.821. The van der Waals surface area contributed by atoms with Crippen molar-refractivity contribution in [3.05, 3.63) is 65.6 Å². The molecule has 1 fully saturated rings. The van der Waals surface area contributed by atoms with Crippen LogP contribution in [0.4, 0.5) is 30.5 Å². The van der Waals surface area contributed by atoms with E-state index in [1.165, 1.54) is 4.90 Å². The average molecular weight is 402 g/mol. The molecule has 9 heteroatoms. The van der Waals surface area contributed by atoms with E-state index in [1.807, 2.05) is 0 Å². The first-order chi connectivity index (χ1) is 13.8. The molecule has 0 spiro atoms. The molecule has 2 aromatic rings. The van der Waals surface area contributed by atoms with E-state index in [9.17, 15) is 23.1 Å². The molecule has 4 rings (SSSR count). The Bertz CT molecular complexity index is 1070. The molecule has 1 unspecified atom stereocenters. The van der Waals surface area contributed by atoms with Gasteiger partial charge in [0.25, 0.3) is 0 Å². The lowest BCUT2D eigenvalue weighted by Crippen LogP contribution is -2.29. The van der Waals surface area contributed by atoms with Gasteiger partial charge in [-0.25, -0.2) is 22.9 Å². The second kappa shape index (κ2) is 6.93. The Morgan fingerprint density at radius 1 is 1.21 bits per heavy atom. The van der Waals surface area contributed by atoms with Gasteiger partial charge in [0.05, 0.1) is 11.3 Å². The minimum absolute atomic E-state index is 0.0317. The third-order valence-electron chi connectivity index (χ3n) is 5.00. The van der Waals surface area contributed by atoms with E-state index in [4.69, 9.17) is 5.73 Å². The van der Waals surface area contributed by atoms with Crippen LogP contribution in [0.2, 0.25) is 0 Å². The normalized spacial score (nSPS) is 18.7. The van der Waals surface area contributed by atoms with Crippen LogP contribution in [-0.2, 0) is 4.79 Å². The Labute approximate surface area is 164 Å². The molecule has 0 saturated carbocycles. The predicted octanol–water partition coefficient (Wildman–Crippen LogP) is 3.17. The van der Waals surface area contributed by atoms with Gasteiger partial charge in [-0.05, 0) is 30.2 Å².